The summed E-state index contributed by atoms with van der Waals surface area (Å²) in [5.74, 6) is -1.36. The molecule has 0 bridgehead atoms. The molecule has 5 atom stereocenters. The third-order valence-corrected chi connectivity index (χ3v) is 21.7. The Morgan fingerprint density at radius 3 is 0.660 bits per heavy atom. The number of hydrogen-bond donors (Lipinski definition) is 3. The van der Waals surface area contributed by atoms with Crippen molar-refractivity contribution in [2.24, 2.45) is 5.92 Å². The minimum Gasteiger partial charge on any atom is -0.462 e. The van der Waals surface area contributed by atoms with Gasteiger partial charge in [0.15, 0.2) is 12.2 Å². The van der Waals surface area contributed by atoms with Crippen molar-refractivity contribution in [1.82, 2.24) is 0 Å². The molecule has 0 aliphatic rings. The molecule has 612 valence electrons. The Hall–Kier alpha value is -1.94. The molecule has 3 N–H and O–H groups in total. The van der Waals surface area contributed by atoms with E-state index in [1.807, 2.05) is 0 Å². The molecule has 0 aromatic heterocycles. The van der Waals surface area contributed by atoms with Gasteiger partial charge in [0.1, 0.15) is 19.3 Å². The van der Waals surface area contributed by atoms with Crippen molar-refractivity contribution in [1.29, 1.82) is 0 Å². The van der Waals surface area contributed by atoms with Gasteiger partial charge in [-0.3, -0.25) is 37.3 Å². The first-order chi connectivity index (χ1) is 50.0. The molecular weight excluding hydrogens is 1340 g/mol. The van der Waals surface area contributed by atoms with Gasteiger partial charge in [-0.15, -0.1) is 0 Å². The van der Waals surface area contributed by atoms with E-state index in [2.05, 4.69) is 34.6 Å². The number of unbranched alkanes of at least 4 members (excludes halogenated alkanes) is 56. The average Bonchev–Trinajstić information content (AvgIpc) is 1.12. The lowest BCUT2D eigenvalue weighted by Crippen LogP contribution is -2.30. The van der Waals surface area contributed by atoms with Crippen LogP contribution in [-0.4, -0.2) is 96.7 Å². The highest BCUT2D eigenvalue weighted by atomic mass is 31.2. The molecule has 0 saturated carbocycles. The van der Waals surface area contributed by atoms with Crippen molar-refractivity contribution < 1.29 is 80.2 Å². The first-order valence-corrected chi connectivity index (χ1v) is 46.6. The molecule has 17 nitrogen and oxygen atoms in total. The highest BCUT2D eigenvalue weighted by molar-refractivity contribution is 7.47. The second-order valence-corrected chi connectivity index (χ2v) is 33.6. The minimum atomic E-state index is -4.96. The van der Waals surface area contributed by atoms with Crippen molar-refractivity contribution in [2.45, 2.75) is 470 Å². The molecule has 0 amide bonds. The van der Waals surface area contributed by atoms with Crippen LogP contribution in [0.2, 0.25) is 0 Å². The van der Waals surface area contributed by atoms with Crippen LogP contribution in [0.5, 0.6) is 0 Å². The first-order valence-electron chi connectivity index (χ1n) is 43.6. The van der Waals surface area contributed by atoms with E-state index in [1.165, 1.54) is 276 Å². The largest absolute Gasteiger partial charge is 0.472 e. The van der Waals surface area contributed by atoms with Crippen LogP contribution in [-0.2, 0) is 65.4 Å². The van der Waals surface area contributed by atoms with Gasteiger partial charge in [0.25, 0.3) is 0 Å². The van der Waals surface area contributed by atoms with E-state index in [1.54, 1.807) is 0 Å². The summed E-state index contributed by atoms with van der Waals surface area (Å²) in [5.41, 5.74) is 0. The highest BCUT2D eigenvalue weighted by Crippen LogP contribution is 2.45. The van der Waals surface area contributed by atoms with Gasteiger partial charge in [-0.05, 0) is 31.6 Å². The average molecular weight is 1510 g/mol. The Kier molecular flexibility index (Phi) is 75.4. The third kappa shape index (κ3) is 78.0. The molecule has 0 rings (SSSR count). The number of aliphatic hydroxyl groups excluding tert-OH is 1. The molecule has 0 saturated heterocycles. The number of aliphatic hydroxyl groups is 1. The van der Waals surface area contributed by atoms with Gasteiger partial charge in [-0.25, -0.2) is 9.13 Å². The second kappa shape index (κ2) is 76.8. The molecule has 0 aliphatic carbocycles. The molecule has 0 aliphatic heterocycles. The predicted molar refractivity (Wildman–Crippen MR) is 423 cm³/mol. The number of hydrogen-bond acceptors (Lipinski definition) is 15. The van der Waals surface area contributed by atoms with E-state index < -0.39 is 97.5 Å². The van der Waals surface area contributed by atoms with Crippen LogP contribution in [0.4, 0.5) is 0 Å². The zero-order valence-corrected chi connectivity index (χ0v) is 69.3. The van der Waals surface area contributed by atoms with Gasteiger partial charge in [-0.2, -0.15) is 0 Å². The number of rotatable bonds is 84. The Labute approximate surface area is 632 Å². The summed E-state index contributed by atoms with van der Waals surface area (Å²) in [4.78, 5) is 73.2. The molecule has 0 fully saturated rings. The molecular formula is C84H164O17P2. The maximum atomic E-state index is 13.1. The van der Waals surface area contributed by atoms with Crippen molar-refractivity contribution in [2.75, 3.05) is 39.6 Å². The van der Waals surface area contributed by atoms with Crippen molar-refractivity contribution >= 4 is 39.5 Å². The van der Waals surface area contributed by atoms with Gasteiger partial charge in [0.05, 0.1) is 26.4 Å². The second-order valence-electron chi connectivity index (χ2n) is 30.7. The molecule has 103 heavy (non-hydrogen) atoms. The topological polar surface area (TPSA) is 237 Å². The molecule has 2 unspecified atom stereocenters. The number of phosphoric ester groups is 2. The molecule has 0 heterocycles. The van der Waals surface area contributed by atoms with Crippen LogP contribution in [0.3, 0.4) is 0 Å². The summed E-state index contributed by atoms with van der Waals surface area (Å²) in [7, 11) is -9.93. The molecule has 0 aromatic rings. The lowest BCUT2D eigenvalue weighted by atomic mass is 10.0. The summed E-state index contributed by atoms with van der Waals surface area (Å²) in [6.07, 6.45) is 69.3. The normalized spacial score (nSPS) is 13.8. The number of ether oxygens (including phenoxy) is 4. The zero-order chi connectivity index (χ0) is 75.5. The SMILES string of the molecule is CCCCCCCCCCCCCCCCCCCC(=O)OC[C@H](COP(=O)(O)OC[C@@H](O)COP(=O)(O)OC[C@@H](COC(=O)CCCCCCCCCCCC(C)C)OC(=O)CCCCCCCCCCCCCCCCCCC)OC(=O)CCCCCCCCCCCCCCCCCCC. The van der Waals surface area contributed by atoms with Crippen LogP contribution in [0.25, 0.3) is 0 Å². The Morgan fingerprint density at radius 1 is 0.262 bits per heavy atom. The van der Waals surface area contributed by atoms with Crippen molar-refractivity contribution in [3.63, 3.8) is 0 Å². The van der Waals surface area contributed by atoms with Crippen LogP contribution in [0, 0.1) is 5.92 Å². The van der Waals surface area contributed by atoms with Crippen molar-refractivity contribution in [3.05, 3.63) is 0 Å². The standard InChI is InChI=1S/C84H164O17P2/c1-6-9-12-15-18-21-24-27-30-33-36-39-42-47-52-57-62-67-81(86)94-73-79(100-83(88)69-64-59-54-48-43-40-37-34-31-28-25-22-19-16-13-10-7-2)75-98-102(90,91)96-71-78(85)72-97-103(92,93)99-76-80(74-95-82(87)68-63-58-53-50-45-46-51-56-61-66-77(4)5)101-84(89)70-65-60-55-49-44-41-38-35-32-29-26-23-20-17-14-11-8-3/h77-80,85H,6-76H2,1-5H3,(H,90,91)(H,92,93)/t78-,79-,80-/m1/s1. The molecule has 0 spiro atoms. The van der Waals surface area contributed by atoms with Gasteiger partial charge in [0.2, 0.25) is 0 Å². The fourth-order valence-corrected chi connectivity index (χ4v) is 14.7. The Morgan fingerprint density at radius 2 is 0.447 bits per heavy atom. The number of carbonyl (C=O) groups excluding carboxylic acids is 4. The van der Waals surface area contributed by atoms with Crippen LogP contribution >= 0.6 is 15.6 Å². The van der Waals surface area contributed by atoms with Crippen molar-refractivity contribution in [3.8, 4) is 0 Å². The number of esters is 4. The monoisotopic (exact) mass is 1510 g/mol. The van der Waals surface area contributed by atoms with Gasteiger partial charge in [0, 0.05) is 25.7 Å². The van der Waals surface area contributed by atoms with E-state index in [0.29, 0.717) is 25.7 Å². The molecule has 19 heteroatoms. The predicted octanol–water partition coefficient (Wildman–Crippen LogP) is 25.6. The lowest BCUT2D eigenvalue weighted by Gasteiger charge is -2.21. The van der Waals surface area contributed by atoms with Gasteiger partial charge >= 0.3 is 39.5 Å². The maximum Gasteiger partial charge on any atom is 0.472 e. The molecule has 0 radical (unpaired) electrons. The highest BCUT2D eigenvalue weighted by Gasteiger charge is 2.30. The summed E-state index contributed by atoms with van der Waals surface area (Å²) < 4.78 is 68.9. The lowest BCUT2D eigenvalue weighted by molar-refractivity contribution is -0.161. The summed E-state index contributed by atoms with van der Waals surface area (Å²) in [6, 6.07) is 0. The van der Waals surface area contributed by atoms with Gasteiger partial charge < -0.3 is 33.8 Å². The van der Waals surface area contributed by atoms with E-state index in [9.17, 15) is 43.2 Å². The molecule has 0 aromatic carbocycles. The van der Waals surface area contributed by atoms with Crippen LogP contribution < -0.4 is 0 Å². The minimum absolute atomic E-state index is 0.109. The quantitative estimate of drug-likeness (QED) is 0.0222. The van der Waals surface area contributed by atoms with E-state index in [-0.39, 0.29) is 25.7 Å². The third-order valence-electron chi connectivity index (χ3n) is 19.8. The van der Waals surface area contributed by atoms with E-state index in [0.717, 1.165) is 95.8 Å². The Balaban J connectivity index is 5.26. The fourth-order valence-electron chi connectivity index (χ4n) is 13.1. The van der Waals surface area contributed by atoms with Gasteiger partial charge in [-0.1, -0.05) is 401 Å². The zero-order valence-electron chi connectivity index (χ0n) is 67.5. The number of carbonyl (C=O) groups is 4. The van der Waals surface area contributed by atoms with Crippen LogP contribution in [0.1, 0.15) is 452 Å². The Bertz CT molecular complexity index is 1960. The van der Waals surface area contributed by atoms with Crippen LogP contribution in [0.15, 0.2) is 0 Å². The summed E-state index contributed by atoms with van der Waals surface area (Å²) in [6.45, 7) is 7.34. The first kappa shape index (κ1) is 101. The van der Waals surface area contributed by atoms with E-state index in [4.69, 9.17) is 37.0 Å². The number of phosphoric acid groups is 2. The fraction of sp³-hybridized carbons (Fsp3) is 0.952. The van der Waals surface area contributed by atoms with E-state index >= 15 is 0 Å². The summed E-state index contributed by atoms with van der Waals surface area (Å²) in [5, 5.41) is 10.7. The smallest absolute Gasteiger partial charge is 0.462 e. The summed E-state index contributed by atoms with van der Waals surface area (Å²) >= 11 is 0. The maximum absolute atomic E-state index is 13.1.